The first kappa shape index (κ1) is 17.1. The van der Waals surface area contributed by atoms with E-state index in [0.717, 1.165) is 0 Å². The predicted octanol–water partition coefficient (Wildman–Crippen LogP) is 0.327. The van der Waals surface area contributed by atoms with Crippen molar-refractivity contribution in [1.82, 2.24) is 10.2 Å². The minimum atomic E-state index is -0.231. The fourth-order valence-electron chi connectivity index (χ4n) is 1.80. The van der Waals surface area contributed by atoms with Crippen molar-refractivity contribution in [2.75, 3.05) is 32.0 Å². The monoisotopic (exact) mass is 308 g/mol. The highest BCUT2D eigenvalue weighted by molar-refractivity contribution is 7.80. The molecule has 2 amide bonds. The molecule has 21 heavy (non-hydrogen) atoms. The molecule has 0 spiro atoms. The van der Waals surface area contributed by atoms with E-state index >= 15 is 0 Å². The molecule has 0 radical (unpaired) electrons. The number of rotatable bonds is 7. The zero-order chi connectivity index (χ0) is 15.8. The second-order valence-corrected chi connectivity index (χ2v) is 5.02. The van der Waals surface area contributed by atoms with E-state index in [1.807, 2.05) is 6.92 Å². The first-order valence-electron chi connectivity index (χ1n) is 6.58. The molecular weight excluding hydrogens is 288 g/mol. The number of hydrogen-bond acceptors (Lipinski definition) is 4. The smallest absolute Gasteiger partial charge is 0.238 e. The van der Waals surface area contributed by atoms with Crippen molar-refractivity contribution in [1.29, 1.82) is 0 Å². The molecule has 1 aromatic rings. The standard InChI is InChI=1S/C14H20N4O2S/c1-3-16-12(19)8-18(2)9-13(20)17-11-7-5-4-6-10(11)14(15)21/h4-7H,3,8-9H2,1-2H3,(H2,15,21)(H,16,19)(H,17,20). The molecule has 114 valence electrons. The maximum Gasteiger partial charge on any atom is 0.238 e. The van der Waals surface area contributed by atoms with Crippen LogP contribution in [0.15, 0.2) is 24.3 Å². The van der Waals surface area contributed by atoms with Crippen LogP contribution in [0.2, 0.25) is 0 Å². The van der Waals surface area contributed by atoms with E-state index in [-0.39, 0.29) is 29.9 Å². The maximum atomic E-state index is 12.0. The van der Waals surface area contributed by atoms with Crippen molar-refractivity contribution in [3.8, 4) is 0 Å². The summed E-state index contributed by atoms with van der Waals surface area (Å²) in [4.78, 5) is 25.2. The van der Waals surface area contributed by atoms with Crippen molar-refractivity contribution < 1.29 is 9.59 Å². The van der Waals surface area contributed by atoms with Gasteiger partial charge in [0.25, 0.3) is 0 Å². The van der Waals surface area contributed by atoms with Gasteiger partial charge < -0.3 is 16.4 Å². The zero-order valence-electron chi connectivity index (χ0n) is 12.2. The molecule has 0 heterocycles. The second kappa shape index (κ2) is 8.33. The lowest BCUT2D eigenvalue weighted by Gasteiger charge is -2.16. The van der Waals surface area contributed by atoms with E-state index in [1.165, 1.54) is 0 Å². The lowest BCUT2D eigenvalue weighted by atomic mass is 10.2. The van der Waals surface area contributed by atoms with Crippen LogP contribution in [0, 0.1) is 0 Å². The summed E-state index contributed by atoms with van der Waals surface area (Å²) >= 11 is 4.94. The van der Waals surface area contributed by atoms with Gasteiger partial charge in [0, 0.05) is 12.1 Å². The van der Waals surface area contributed by atoms with Gasteiger partial charge in [-0.1, -0.05) is 24.4 Å². The van der Waals surface area contributed by atoms with E-state index in [2.05, 4.69) is 10.6 Å². The number of nitrogens with zero attached hydrogens (tertiary/aromatic N) is 1. The van der Waals surface area contributed by atoms with Crippen LogP contribution < -0.4 is 16.4 Å². The Labute approximate surface area is 129 Å². The first-order valence-corrected chi connectivity index (χ1v) is 6.98. The predicted molar refractivity (Wildman–Crippen MR) is 87.1 cm³/mol. The summed E-state index contributed by atoms with van der Waals surface area (Å²) in [5.74, 6) is -0.346. The summed E-state index contributed by atoms with van der Waals surface area (Å²) in [6.45, 7) is 2.68. The lowest BCUT2D eigenvalue weighted by molar-refractivity contribution is -0.122. The Morgan fingerprint density at radius 3 is 2.48 bits per heavy atom. The molecule has 0 saturated carbocycles. The molecule has 0 aliphatic rings. The third kappa shape index (κ3) is 5.88. The number of benzene rings is 1. The van der Waals surface area contributed by atoms with Crippen molar-refractivity contribution in [2.45, 2.75) is 6.92 Å². The number of nitrogens with two attached hydrogens (primary N) is 1. The van der Waals surface area contributed by atoms with Crippen LogP contribution in [0.3, 0.4) is 0 Å². The minimum absolute atomic E-state index is 0.100. The van der Waals surface area contributed by atoms with Crippen LogP contribution in [0.1, 0.15) is 12.5 Å². The van der Waals surface area contributed by atoms with Gasteiger partial charge in [0.15, 0.2) is 0 Å². The number of para-hydroxylation sites is 1. The number of nitrogens with one attached hydrogen (secondary N) is 2. The van der Waals surface area contributed by atoms with Gasteiger partial charge in [-0.2, -0.15) is 0 Å². The van der Waals surface area contributed by atoms with Crippen molar-refractivity contribution in [2.24, 2.45) is 5.73 Å². The van der Waals surface area contributed by atoms with Gasteiger partial charge >= 0.3 is 0 Å². The van der Waals surface area contributed by atoms with Gasteiger partial charge in [-0.15, -0.1) is 0 Å². The Kier molecular flexibility index (Phi) is 6.77. The van der Waals surface area contributed by atoms with Crippen molar-refractivity contribution in [3.63, 3.8) is 0 Å². The molecule has 1 rings (SSSR count). The molecule has 0 aromatic heterocycles. The highest BCUT2D eigenvalue weighted by Gasteiger charge is 2.12. The van der Waals surface area contributed by atoms with Gasteiger partial charge in [0.1, 0.15) is 4.99 Å². The van der Waals surface area contributed by atoms with Gasteiger partial charge in [-0.05, 0) is 26.1 Å². The molecule has 4 N–H and O–H groups in total. The molecule has 6 nitrogen and oxygen atoms in total. The SMILES string of the molecule is CCNC(=O)CN(C)CC(=O)Nc1ccccc1C(N)=S. The molecule has 0 atom stereocenters. The Balaban J connectivity index is 2.58. The number of anilines is 1. The number of thiocarbonyl (C=S) groups is 1. The van der Waals surface area contributed by atoms with Crippen LogP contribution >= 0.6 is 12.2 Å². The molecule has 0 bridgehead atoms. The van der Waals surface area contributed by atoms with Gasteiger partial charge in [0.05, 0.1) is 18.8 Å². The molecule has 1 aromatic carbocycles. The summed E-state index contributed by atoms with van der Waals surface area (Å²) < 4.78 is 0. The van der Waals surface area contributed by atoms with E-state index in [4.69, 9.17) is 18.0 Å². The number of carbonyl (C=O) groups is 2. The second-order valence-electron chi connectivity index (χ2n) is 4.58. The highest BCUT2D eigenvalue weighted by atomic mass is 32.1. The Bertz CT molecular complexity index is 533. The van der Waals surface area contributed by atoms with E-state index < -0.39 is 0 Å². The average molecular weight is 308 g/mol. The van der Waals surface area contributed by atoms with Crippen LogP contribution in [-0.2, 0) is 9.59 Å². The van der Waals surface area contributed by atoms with E-state index in [1.54, 1.807) is 36.2 Å². The van der Waals surface area contributed by atoms with Crippen LogP contribution in [-0.4, -0.2) is 48.4 Å². The van der Waals surface area contributed by atoms with Crippen molar-refractivity contribution in [3.05, 3.63) is 29.8 Å². The quantitative estimate of drug-likeness (QED) is 0.632. The maximum absolute atomic E-state index is 12.0. The summed E-state index contributed by atoms with van der Waals surface area (Å²) in [7, 11) is 1.70. The largest absolute Gasteiger partial charge is 0.389 e. The fraction of sp³-hybridized carbons (Fsp3) is 0.357. The number of hydrogen-bond donors (Lipinski definition) is 3. The topological polar surface area (TPSA) is 87.5 Å². The molecule has 0 saturated heterocycles. The fourth-order valence-corrected chi connectivity index (χ4v) is 1.97. The molecular formula is C14H20N4O2S. The molecule has 0 unspecified atom stereocenters. The molecule has 0 aliphatic heterocycles. The Morgan fingerprint density at radius 2 is 1.86 bits per heavy atom. The number of amides is 2. The number of likely N-dealkylation sites (N-methyl/N-ethyl adjacent to an activating group) is 2. The van der Waals surface area contributed by atoms with Gasteiger partial charge in [0.2, 0.25) is 11.8 Å². The van der Waals surface area contributed by atoms with E-state index in [9.17, 15) is 9.59 Å². The summed E-state index contributed by atoms with van der Waals surface area (Å²) in [6, 6.07) is 7.06. The van der Waals surface area contributed by atoms with Crippen LogP contribution in [0.5, 0.6) is 0 Å². The summed E-state index contributed by atoms with van der Waals surface area (Å²) in [5.41, 5.74) is 6.80. The average Bonchev–Trinajstić information content (AvgIpc) is 2.38. The lowest BCUT2D eigenvalue weighted by Crippen LogP contribution is -2.39. The summed E-state index contributed by atoms with van der Waals surface area (Å²) in [6.07, 6.45) is 0. The summed E-state index contributed by atoms with van der Waals surface area (Å²) in [5, 5.41) is 5.43. The van der Waals surface area contributed by atoms with Gasteiger partial charge in [-0.25, -0.2) is 0 Å². The van der Waals surface area contributed by atoms with Crippen molar-refractivity contribution >= 4 is 34.7 Å². The minimum Gasteiger partial charge on any atom is -0.389 e. The molecule has 0 fully saturated rings. The first-order chi connectivity index (χ1) is 9.93. The number of carbonyl (C=O) groups excluding carboxylic acids is 2. The zero-order valence-corrected chi connectivity index (χ0v) is 13.0. The molecule has 7 heteroatoms. The van der Waals surface area contributed by atoms with Crippen LogP contribution in [0.4, 0.5) is 5.69 Å². The third-order valence-corrected chi connectivity index (χ3v) is 2.89. The normalized spacial score (nSPS) is 10.2. The third-order valence-electron chi connectivity index (χ3n) is 2.67. The Hall–Kier alpha value is -1.99. The van der Waals surface area contributed by atoms with E-state index in [0.29, 0.717) is 17.8 Å². The Morgan fingerprint density at radius 1 is 1.24 bits per heavy atom. The molecule has 0 aliphatic carbocycles. The highest BCUT2D eigenvalue weighted by Crippen LogP contribution is 2.14. The van der Waals surface area contributed by atoms with Gasteiger partial charge in [-0.3, -0.25) is 14.5 Å². The van der Waals surface area contributed by atoms with Crippen LogP contribution in [0.25, 0.3) is 0 Å².